The predicted molar refractivity (Wildman–Crippen MR) is 74.6 cm³/mol. The van der Waals surface area contributed by atoms with E-state index in [9.17, 15) is 9.59 Å². The zero-order valence-corrected chi connectivity index (χ0v) is 11.7. The van der Waals surface area contributed by atoms with E-state index in [-0.39, 0.29) is 5.56 Å². The van der Waals surface area contributed by atoms with Crippen molar-refractivity contribution in [2.24, 2.45) is 0 Å². The lowest BCUT2D eigenvalue weighted by Crippen LogP contribution is -2.21. The Morgan fingerprint density at radius 3 is 2.33 bits per heavy atom. The minimum atomic E-state index is -0.128. The van der Waals surface area contributed by atoms with Crippen LogP contribution < -0.4 is 5.56 Å². The molecule has 0 aliphatic carbocycles. The third-order valence-electron chi connectivity index (χ3n) is 2.83. The largest absolute Gasteiger partial charge is 0.298 e. The van der Waals surface area contributed by atoms with Gasteiger partial charge in [-0.15, -0.1) is 0 Å². The molecular formula is C14H12BrNO2. The number of rotatable bonds is 2. The topological polar surface area (TPSA) is 39.1 Å². The van der Waals surface area contributed by atoms with Gasteiger partial charge in [-0.25, -0.2) is 0 Å². The number of aromatic nitrogens is 1. The highest BCUT2D eigenvalue weighted by molar-refractivity contribution is 9.10. The molecule has 0 atom stereocenters. The van der Waals surface area contributed by atoms with Gasteiger partial charge in [0.15, 0.2) is 6.29 Å². The molecular weight excluding hydrogens is 294 g/mol. The molecule has 3 nitrogen and oxygen atoms in total. The molecule has 0 bridgehead atoms. The number of hydrogen-bond donors (Lipinski definition) is 0. The second kappa shape index (κ2) is 4.90. The molecule has 0 saturated heterocycles. The van der Waals surface area contributed by atoms with Crippen molar-refractivity contribution < 1.29 is 4.79 Å². The van der Waals surface area contributed by atoms with Crippen LogP contribution in [-0.2, 0) is 0 Å². The number of nitrogens with zero attached hydrogens (tertiary/aromatic N) is 1. The van der Waals surface area contributed by atoms with Crippen molar-refractivity contribution in [3.05, 3.63) is 62.0 Å². The van der Waals surface area contributed by atoms with Gasteiger partial charge in [0.1, 0.15) is 0 Å². The molecule has 1 aromatic heterocycles. The van der Waals surface area contributed by atoms with Gasteiger partial charge in [-0.2, -0.15) is 0 Å². The van der Waals surface area contributed by atoms with Crippen molar-refractivity contribution in [2.75, 3.05) is 0 Å². The summed E-state index contributed by atoms with van der Waals surface area (Å²) in [6, 6.07) is 7.58. The summed E-state index contributed by atoms with van der Waals surface area (Å²) in [4.78, 5) is 23.1. The second-order valence-electron chi connectivity index (χ2n) is 4.15. The van der Waals surface area contributed by atoms with Crippen molar-refractivity contribution in [3.63, 3.8) is 0 Å². The maximum absolute atomic E-state index is 12.2. The quantitative estimate of drug-likeness (QED) is 0.800. The van der Waals surface area contributed by atoms with Crippen LogP contribution >= 0.6 is 15.9 Å². The first-order valence-corrected chi connectivity index (χ1v) is 6.28. The molecule has 0 radical (unpaired) electrons. The third-order valence-corrected chi connectivity index (χ3v) is 3.88. The Balaban J connectivity index is 2.72. The Labute approximate surface area is 113 Å². The SMILES string of the molecule is Cc1ccc(-n2cc(C=O)c(Br)c(C)c2=O)cc1. The first-order valence-electron chi connectivity index (χ1n) is 5.48. The molecule has 0 saturated carbocycles. The van der Waals surface area contributed by atoms with Crippen molar-refractivity contribution >= 4 is 22.2 Å². The average molecular weight is 306 g/mol. The first-order chi connectivity index (χ1) is 8.54. The molecule has 0 aliphatic heterocycles. The second-order valence-corrected chi connectivity index (χ2v) is 4.94. The van der Waals surface area contributed by atoms with Gasteiger partial charge in [0.2, 0.25) is 0 Å². The van der Waals surface area contributed by atoms with E-state index in [0.29, 0.717) is 15.6 Å². The van der Waals surface area contributed by atoms with Gasteiger partial charge in [-0.05, 0) is 41.9 Å². The van der Waals surface area contributed by atoms with Gasteiger partial charge in [0.25, 0.3) is 5.56 Å². The zero-order chi connectivity index (χ0) is 13.3. The van der Waals surface area contributed by atoms with E-state index < -0.39 is 0 Å². The smallest absolute Gasteiger partial charge is 0.259 e. The summed E-state index contributed by atoms with van der Waals surface area (Å²) in [7, 11) is 0. The maximum Gasteiger partial charge on any atom is 0.259 e. The Morgan fingerprint density at radius 1 is 1.17 bits per heavy atom. The number of hydrogen-bond acceptors (Lipinski definition) is 2. The summed E-state index contributed by atoms with van der Waals surface area (Å²) in [6.45, 7) is 3.68. The highest BCUT2D eigenvalue weighted by atomic mass is 79.9. The van der Waals surface area contributed by atoms with Crippen LogP contribution in [0.4, 0.5) is 0 Å². The van der Waals surface area contributed by atoms with Crippen LogP contribution in [0.25, 0.3) is 5.69 Å². The van der Waals surface area contributed by atoms with Crippen molar-refractivity contribution in [2.45, 2.75) is 13.8 Å². The molecule has 0 N–H and O–H groups in total. The van der Waals surface area contributed by atoms with E-state index in [1.165, 1.54) is 4.57 Å². The summed E-state index contributed by atoms with van der Waals surface area (Å²) >= 11 is 3.26. The van der Waals surface area contributed by atoms with Crippen LogP contribution in [-0.4, -0.2) is 10.9 Å². The number of carbonyl (C=O) groups excluding carboxylic acids is 1. The predicted octanol–water partition coefficient (Wildman–Crippen LogP) is 3.03. The Bertz CT molecular complexity index is 657. The Hall–Kier alpha value is -1.68. The molecule has 0 spiro atoms. The number of pyridine rings is 1. The van der Waals surface area contributed by atoms with Gasteiger partial charge in [0.05, 0.1) is 0 Å². The fourth-order valence-electron chi connectivity index (χ4n) is 1.72. The van der Waals surface area contributed by atoms with Crippen molar-refractivity contribution in [1.82, 2.24) is 4.57 Å². The number of halogens is 1. The third kappa shape index (κ3) is 2.16. The lowest BCUT2D eigenvalue weighted by molar-refractivity contribution is 0.112. The molecule has 2 aromatic rings. The minimum absolute atomic E-state index is 0.128. The summed E-state index contributed by atoms with van der Waals surface area (Å²) in [5, 5.41) is 0. The molecule has 0 amide bonds. The molecule has 4 heteroatoms. The summed E-state index contributed by atoms with van der Waals surface area (Å²) in [5.41, 5.74) is 2.74. The normalized spacial score (nSPS) is 10.4. The van der Waals surface area contributed by atoms with Crippen LogP contribution in [0.1, 0.15) is 21.5 Å². The highest BCUT2D eigenvalue weighted by Gasteiger charge is 2.10. The minimum Gasteiger partial charge on any atom is -0.298 e. The van der Waals surface area contributed by atoms with E-state index >= 15 is 0 Å². The van der Waals surface area contributed by atoms with Gasteiger partial charge < -0.3 is 0 Å². The van der Waals surface area contributed by atoms with E-state index in [1.54, 1.807) is 13.1 Å². The zero-order valence-electron chi connectivity index (χ0n) is 10.1. The summed E-state index contributed by atoms with van der Waals surface area (Å²) in [6.07, 6.45) is 2.29. The number of carbonyl (C=O) groups is 1. The molecule has 1 heterocycles. The standard InChI is InChI=1S/C14H12BrNO2/c1-9-3-5-12(6-4-9)16-7-11(8-17)13(15)10(2)14(16)18/h3-8H,1-2H3. The van der Waals surface area contributed by atoms with E-state index in [1.807, 2.05) is 31.2 Å². The fraction of sp³-hybridized carbons (Fsp3) is 0.143. The van der Waals surface area contributed by atoms with Gasteiger partial charge in [0, 0.05) is 27.5 Å². The molecule has 0 fully saturated rings. The monoisotopic (exact) mass is 305 g/mol. The Kier molecular flexibility index (Phi) is 3.48. The van der Waals surface area contributed by atoms with Crippen LogP contribution in [0.15, 0.2) is 39.7 Å². The molecule has 1 aromatic carbocycles. The fourth-order valence-corrected chi connectivity index (χ4v) is 2.09. The highest BCUT2D eigenvalue weighted by Crippen LogP contribution is 2.18. The van der Waals surface area contributed by atoms with Crippen molar-refractivity contribution in [1.29, 1.82) is 0 Å². The van der Waals surface area contributed by atoms with Gasteiger partial charge >= 0.3 is 0 Å². The van der Waals surface area contributed by atoms with Gasteiger partial charge in [-0.3, -0.25) is 14.2 Å². The van der Waals surface area contributed by atoms with Crippen LogP contribution in [0, 0.1) is 13.8 Å². The van der Waals surface area contributed by atoms with E-state index in [4.69, 9.17) is 0 Å². The van der Waals surface area contributed by atoms with Crippen LogP contribution in [0.3, 0.4) is 0 Å². The maximum atomic E-state index is 12.2. The van der Waals surface area contributed by atoms with Crippen molar-refractivity contribution in [3.8, 4) is 5.69 Å². The molecule has 92 valence electrons. The molecule has 2 rings (SSSR count). The lowest BCUT2D eigenvalue weighted by atomic mass is 10.2. The lowest BCUT2D eigenvalue weighted by Gasteiger charge is -2.10. The summed E-state index contributed by atoms with van der Waals surface area (Å²) < 4.78 is 2.05. The molecule has 0 unspecified atom stereocenters. The summed E-state index contributed by atoms with van der Waals surface area (Å²) in [5.74, 6) is 0. The van der Waals surface area contributed by atoms with Crippen LogP contribution in [0.2, 0.25) is 0 Å². The van der Waals surface area contributed by atoms with E-state index in [2.05, 4.69) is 15.9 Å². The number of aryl methyl sites for hydroxylation is 1. The number of aldehydes is 1. The Morgan fingerprint density at radius 2 is 1.78 bits per heavy atom. The van der Waals surface area contributed by atoms with Crippen LogP contribution in [0.5, 0.6) is 0 Å². The molecule has 0 aliphatic rings. The first kappa shape index (κ1) is 12.8. The number of benzene rings is 1. The average Bonchev–Trinajstić information content (AvgIpc) is 2.38. The molecule has 18 heavy (non-hydrogen) atoms. The van der Waals surface area contributed by atoms with Gasteiger partial charge in [-0.1, -0.05) is 17.7 Å². The van der Waals surface area contributed by atoms with E-state index in [0.717, 1.165) is 17.5 Å².